The minimum atomic E-state index is -4.48. The maximum Gasteiger partial charge on any atom is 0.451 e. The van der Waals surface area contributed by atoms with Gasteiger partial charge in [-0.1, -0.05) is 12.2 Å². The third kappa shape index (κ3) is 3.02. The SMILES string of the molecule is FC(F)(F)c1ncc(C=CCS)cn1. The molecule has 0 aliphatic heterocycles. The van der Waals surface area contributed by atoms with Gasteiger partial charge in [0.25, 0.3) is 0 Å². The summed E-state index contributed by atoms with van der Waals surface area (Å²) in [6.45, 7) is 0. The van der Waals surface area contributed by atoms with Crippen LogP contribution >= 0.6 is 12.6 Å². The molecule has 6 heteroatoms. The summed E-state index contributed by atoms with van der Waals surface area (Å²) < 4.78 is 36.0. The van der Waals surface area contributed by atoms with E-state index in [1.807, 2.05) is 0 Å². The molecule has 0 aliphatic carbocycles. The van der Waals surface area contributed by atoms with Crippen LogP contribution in [-0.4, -0.2) is 15.7 Å². The standard InChI is InChI=1S/C8H7F3N2S/c9-8(10,11)7-12-4-6(5-13-7)2-1-3-14/h1-2,4-5,14H,3H2. The lowest BCUT2D eigenvalue weighted by Gasteiger charge is -2.03. The fraction of sp³-hybridized carbons (Fsp3) is 0.250. The highest BCUT2D eigenvalue weighted by atomic mass is 32.1. The number of rotatable bonds is 2. The van der Waals surface area contributed by atoms with Crippen LogP contribution in [0.3, 0.4) is 0 Å². The molecule has 1 aromatic rings. The largest absolute Gasteiger partial charge is 0.451 e. The number of alkyl halides is 3. The van der Waals surface area contributed by atoms with E-state index in [2.05, 4.69) is 22.6 Å². The van der Waals surface area contributed by atoms with Gasteiger partial charge in [-0.05, 0) is 0 Å². The topological polar surface area (TPSA) is 25.8 Å². The lowest BCUT2D eigenvalue weighted by Crippen LogP contribution is -2.10. The van der Waals surface area contributed by atoms with Crippen LogP contribution in [-0.2, 0) is 6.18 Å². The van der Waals surface area contributed by atoms with Crippen LogP contribution in [0.4, 0.5) is 13.2 Å². The van der Waals surface area contributed by atoms with Gasteiger partial charge in [-0.15, -0.1) is 0 Å². The molecular weight excluding hydrogens is 213 g/mol. The molecule has 0 unspecified atom stereocenters. The molecule has 0 fully saturated rings. The van der Waals surface area contributed by atoms with Gasteiger partial charge in [0.2, 0.25) is 5.82 Å². The van der Waals surface area contributed by atoms with Gasteiger partial charge < -0.3 is 0 Å². The molecule has 0 atom stereocenters. The molecule has 0 radical (unpaired) electrons. The first-order valence-corrected chi connectivity index (χ1v) is 4.34. The van der Waals surface area contributed by atoms with Gasteiger partial charge in [-0.2, -0.15) is 25.8 Å². The lowest BCUT2D eigenvalue weighted by atomic mass is 10.3. The zero-order valence-corrected chi connectivity index (χ0v) is 7.89. The van der Waals surface area contributed by atoms with Gasteiger partial charge in [0.1, 0.15) is 0 Å². The summed E-state index contributed by atoms with van der Waals surface area (Å²) in [5, 5.41) is 0. The average molecular weight is 220 g/mol. The molecule has 1 heterocycles. The fourth-order valence-electron chi connectivity index (χ4n) is 0.759. The van der Waals surface area contributed by atoms with E-state index in [-0.39, 0.29) is 0 Å². The molecule has 0 saturated heterocycles. The summed E-state index contributed by atoms with van der Waals surface area (Å²) in [5.41, 5.74) is 0.520. The van der Waals surface area contributed by atoms with Crippen molar-refractivity contribution in [3.8, 4) is 0 Å². The van der Waals surface area contributed by atoms with Crippen LogP contribution in [0.25, 0.3) is 6.08 Å². The van der Waals surface area contributed by atoms with Crippen LogP contribution < -0.4 is 0 Å². The predicted octanol–water partition coefficient (Wildman–Crippen LogP) is 2.44. The zero-order chi connectivity index (χ0) is 10.6. The average Bonchev–Trinajstić information content (AvgIpc) is 2.14. The Kier molecular flexibility index (Phi) is 3.51. The number of hydrogen-bond acceptors (Lipinski definition) is 3. The predicted molar refractivity (Wildman–Crippen MR) is 49.9 cm³/mol. The summed E-state index contributed by atoms with van der Waals surface area (Å²) >= 11 is 3.91. The second kappa shape index (κ2) is 4.45. The summed E-state index contributed by atoms with van der Waals surface area (Å²) in [5.74, 6) is -0.610. The third-order valence-corrected chi connectivity index (χ3v) is 1.55. The van der Waals surface area contributed by atoms with Gasteiger partial charge in [-0.3, -0.25) is 0 Å². The van der Waals surface area contributed by atoms with Crippen molar-refractivity contribution in [2.24, 2.45) is 0 Å². The Bertz CT molecular complexity index is 318. The maximum absolute atomic E-state index is 12.0. The molecule has 0 N–H and O–H groups in total. The maximum atomic E-state index is 12.0. The van der Waals surface area contributed by atoms with Crippen molar-refractivity contribution < 1.29 is 13.2 Å². The first-order valence-electron chi connectivity index (χ1n) is 3.70. The number of nitrogens with zero attached hydrogens (tertiary/aromatic N) is 2. The van der Waals surface area contributed by atoms with Gasteiger partial charge in [0.15, 0.2) is 0 Å². The number of thiol groups is 1. The summed E-state index contributed by atoms with van der Waals surface area (Å²) in [7, 11) is 0. The van der Waals surface area contributed by atoms with Gasteiger partial charge in [0.05, 0.1) is 0 Å². The van der Waals surface area contributed by atoms with Crippen LogP contribution in [0.2, 0.25) is 0 Å². The van der Waals surface area contributed by atoms with Crippen molar-refractivity contribution in [1.29, 1.82) is 0 Å². The van der Waals surface area contributed by atoms with Crippen molar-refractivity contribution in [3.63, 3.8) is 0 Å². The van der Waals surface area contributed by atoms with Crippen molar-refractivity contribution in [3.05, 3.63) is 29.9 Å². The van der Waals surface area contributed by atoms with E-state index in [4.69, 9.17) is 0 Å². The van der Waals surface area contributed by atoms with Crippen molar-refractivity contribution in [1.82, 2.24) is 9.97 Å². The molecule has 14 heavy (non-hydrogen) atoms. The number of aromatic nitrogens is 2. The Morgan fingerprint density at radius 1 is 1.29 bits per heavy atom. The van der Waals surface area contributed by atoms with E-state index in [1.54, 1.807) is 12.2 Å². The van der Waals surface area contributed by atoms with Crippen molar-refractivity contribution in [2.75, 3.05) is 5.75 Å². The normalized spacial score (nSPS) is 12.3. The van der Waals surface area contributed by atoms with Gasteiger partial charge in [0, 0.05) is 23.7 Å². The molecule has 1 aromatic heterocycles. The van der Waals surface area contributed by atoms with Gasteiger partial charge in [-0.25, -0.2) is 9.97 Å². The van der Waals surface area contributed by atoms with E-state index in [0.717, 1.165) is 12.4 Å². The summed E-state index contributed by atoms with van der Waals surface area (Å²) in [6, 6.07) is 0. The molecule has 0 aromatic carbocycles. The summed E-state index contributed by atoms with van der Waals surface area (Å²) in [4.78, 5) is 6.38. The highest BCUT2D eigenvalue weighted by Crippen LogP contribution is 2.25. The van der Waals surface area contributed by atoms with Crippen LogP contribution in [0, 0.1) is 0 Å². The molecule has 0 bridgehead atoms. The summed E-state index contributed by atoms with van der Waals surface area (Å²) in [6.07, 6.45) is 1.06. The molecule has 2 nitrogen and oxygen atoms in total. The smallest absolute Gasteiger partial charge is 0.232 e. The van der Waals surface area contributed by atoms with Crippen LogP contribution in [0.15, 0.2) is 18.5 Å². The number of hydrogen-bond donors (Lipinski definition) is 1. The van der Waals surface area contributed by atoms with E-state index >= 15 is 0 Å². The molecule has 0 spiro atoms. The zero-order valence-electron chi connectivity index (χ0n) is 6.99. The molecule has 1 rings (SSSR count). The Morgan fingerprint density at radius 2 is 1.86 bits per heavy atom. The third-order valence-electron chi connectivity index (χ3n) is 1.34. The number of halogens is 3. The molecule has 0 aliphatic rings. The van der Waals surface area contributed by atoms with Crippen molar-refractivity contribution >= 4 is 18.7 Å². The van der Waals surface area contributed by atoms with E-state index in [0.29, 0.717) is 11.3 Å². The molecule has 0 saturated carbocycles. The van der Waals surface area contributed by atoms with E-state index in [1.165, 1.54) is 0 Å². The lowest BCUT2D eigenvalue weighted by molar-refractivity contribution is -0.145. The van der Waals surface area contributed by atoms with E-state index in [9.17, 15) is 13.2 Å². The molecule has 76 valence electrons. The fourth-order valence-corrected chi connectivity index (χ4v) is 0.865. The van der Waals surface area contributed by atoms with E-state index < -0.39 is 12.0 Å². The minimum Gasteiger partial charge on any atom is -0.232 e. The monoisotopic (exact) mass is 220 g/mol. The Morgan fingerprint density at radius 3 is 2.29 bits per heavy atom. The Hall–Kier alpha value is -1.04. The van der Waals surface area contributed by atoms with Crippen molar-refractivity contribution in [2.45, 2.75) is 6.18 Å². The first kappa shape index (κ1) is 11.0. The minimum absolute atomic E-state index is 0.515. The quantitative estimate of drug-likeness (QED) is 0.774. The molecular formula is C8H7F3N2S. The Balaban J connectivity index is 2.84. The van der Waals surface area contributed by atoms with Crippen LogP contribution in [0.1, 0.15) is 11.4 Å². The first-order chi connectivity index (χ1) is 6.54. The highest BCUT2D eigenvalue weighted by Gasteiger charge is 2.34. The Labute approximate surface area is 84.3 Å². The highest BCUT2D eigenvalue weighted by molar-refractivity contribution is 7.80. The second-order valence-electron chi connectivity index (χ2n) is 2.42. The van der Waals surface area contributed by atoms with Crippen LogP contribution in [0.5, 0.6) is 0 Å². The molecule has 0 amide bonds. The van der Waals surface area contributed by atoms with Gasteiger partial charge >= 0.3 is 6.18 Å². The second-order valence-corrected chi connectivity index (χ2v) is 2.79.